The SMILES string of the molecule is O=C(COC(=O)COc1ccc(Cl)cc1Cl)NC12CC3CC(CC(C3)C1)C2. The van der Waals surface area contributed by atoms with E-state index in [0.717, 1.165) is 37.0 Å². The van der Waals surface area contributed by atoms with Gasteiger partial charge in [-0.15, -0.1) is 0 Å². The highest BCUT2D eigenvalue weighted by molar-refractivity contribution is 6.35. The molecule has 4 aliphatic rings. The molecule has 5 rings (SSSR count). The number of halogens is 2. The number of ether oxygens (including phenoxy) is 2. The van der Waals surface area contributed by atoms with Crippen molar-refractivity contribution < 1.29 is 19.1 Å². The first-order valence-corrected chi connectivity index (χ1v) is 10.2. The van der Waals surface area contributed by atoms with Gasteiger partial charge in [-0.25, -0.2) is 4.79 Å². The first-order chi connectivity index (χ1) is 12.9. The van der Waals surface area contributed by atoms with Gasteiger partial charge in [0, 0.05) is 10.6 Å². The Morgan fingerprint density at radius 2 is 1.67 bits per heavy atom. The van der Waals surface area contributed by atoms with E-state index in [4.69, 9.17) is 32.7 Å². The summed E-state index contributed by atoms with van der Waals surface area (Å²) in [5.74, 6) is 1.75. The summed E-state index contributed by atoms with van der Waals surface area (Å²) in [6.45, 7) is -0.593. The molecule has 5 nitrogen and oxygen atoms in total. The van der Waals surface area contributed by atoms with Gasteiger partial charge in [-0.2, -0.15) is 0 Å². The summed E-state index contributed by atoms with van der Waals surface area (Å²) in [6, 6.07) is 4.73. The molecule has 0 unspecified atom stereocenters. The number of nitrogens with one attached hydrogen (secondary N) is 1. The fourth-order valence-electron chi connectivity index (χ4n) is 5.51. The van der Waals surface area contributed by atoms with Crippen molar-refractivity contribution in [3.63, 3.8) is 0 Å². The van der Waals surface area contributed by atoms with Gasteiger partial charge in [-0.05, 0) is 74.5 Å². The van der Waals surface area contributed by atoms with Gasteiger partial charge in [0.25, 0.3) is 5.91 Å². The van der Waals surface area contributed by atoms with Gasteiger partial charge < -0.3 is 14.8 Å². The topological polar surface area (TPSA) is 64.6 Å². The van der Waals surface area contributed by atoms with Crippen molar-refractivity contribution in [1.29, 1.82) is 0 Å². The monoisotopic (exact) mass is 411 g/mol. The van der Waals surface area contributed by atoms with Gasteiger partial charge in [0.05, 0.1) is 5.02 Å². The van der Waals surface area contributed by atoms with Gasteiger partial charge in [-0.3, -0.25) is 4.79 Å². The molecule has 4 aliphatic carbocycles. The fourth-order valence-corrected chi connectivity index (χ4v) is 5.98. The summed E-state index contributed by atoms with van der Waals surface area (Å²) in [5, 5.41) is 3.97. The lowest BCUT2D eigenvalue weighted by atomic mass is 9.53. The Bertz CT molecular complexity index is 716. The normalized spacial score (nSPS) is 30.8. The van der Waals surface area contributed by atoms with Crippen molar-refractivity contribution in [2.75, 3.05) is 13.2 Å². The zero-order valence-corrected chi connectivity index (χ0v) is 16.5. The van der Waals surface area contributed by atoms with Gasteiger partial charge >= 0.3 is 5.97 Å². The van der Waals surface area contributed by atoms with E-state index in [1.807, 2.05) is 0 Å². The first kappa shape index (κ1) is 18.9. The molecule has 0 spiro atoms. The molecule has 4 fully saturated rings. The van der Waals surface area contributed by atoms with E-state index in [1.165, 1.54) is 25.3 Å². The van der Waals surface area contributed by atoms with Crippen LogP contribution in [0.15, 0.2) is 18.2 Å². The summed E-state index contributed by atoms with van der Waals surface area (Å²) >= 11 is 11.8. The third-order valence-corrected chi connectivity index (χ3v) is 6.58. The van der Waals surface area contributed by atoms with Crippen molar-refractivity contribution in [2.45, 2.75) is 44.1 Å². The van der Waals surface area contributed by atoms with Gasteiger partial charge in [0.2, 0.25) is 0 Å². The van der Waals surface area contributed by atoms with Crippen molar-refractivity contribution in [1.82, 2.24) is 5.32 Å². The Balaban J connectivity index is 1.23. The van der Waals surface area contributed by atoms with Crippen molar-refractivity contribution in [2.24, 2.45) is 17.8 Å². The van der Waals surface area contributed by atoms with Crippen molar-refractivity contribution in [3.05, 3.63) is 28.2 Å². The number of rotatable bonds is 6. The molecule has 1 aromatic carbocycles. The smallest absolute Gasteiger partial charge is 0.344 e. The summed E-state index contributed by atoms with van der Waals surface area (Å²) in [4.78, 5) is 24.2. The Kier molecular flexibility index (Phi) is 5.26. The molecule has 0 heterocycles. The number of carbonyl (C=O) groups excluding carboxylic acids is 2. The summed E-state index contributed by atoms with van der Waals surface area (Å²) in [5.41, 5.74) is -0.0778. The molecule has 0 saturated heterocycles. The number of amides is 1. The lowest BCUT2D eigenvalue weighted by Crippen LogP contribution is -2.60. The maximum Gasteiger partial charge on any atom is 0.344 e. The second kappa shape index (κ2) is 7.51. The Morgan fingerprint density at radius 3 is 2.26 bits per heavy atom. The lowest BCUT2D eigenvalue weighted by molar-refractivity contribution is -0.151. The fraction of sp³-hybridized carbons (Fsp3) is 0.600. The summed E-state index contributed by atoms with van der Waals surface area (Å²) < 4.78 is 10.4. The maximum absolute atomic E-state index is 12.3. The van der Waals surface area contributed by atoms with Crippen LogP contribution in [0, 0.1) is 17.8 Å². The van der Waals surface area contributed by atoms with Gasteiger partial charge in [0.1, 0.15) is 5.75 Å². The molecule has 0 atom stereocenters. The zero-order chi connectivity index (χ0) is 19.0. The highest BCUT2D eigenvalue weighted by Crippen LogP contribution is 2.55. The molecule has 27 heavy (non-hydrogen) atoms. The molecule has 0 radical (unpaired) electrons. The third-order valence-electron chi connectivity index (χ3n) is 6.05. The van der Waals surface area contributed by atoms with Crippen LogP contribution in [0.25, 0.3) is 0 Å². The van der Waals surface area contributed by atoms with Crippen LogP contribution in [-0.2, 0) is 14.3 Å². The molecule has 4 bridgehead atoms. The summed E-state index contributed by atoms with van der Waals surface area (Å²) in [6.07, 6.45) is 7.14. The van der Waals surface area contributed by atoms with Crippen LogP contribution >= 0.6 is 23.2 Å². The third kappa shape index (κ3) is 4.35. The number of hydrogen-bond acceptors (Lipinski definition) is 4. The molecule has 4 saturated carbocycles. The minimum absolute atomic E-state index is 0.0778. The molecule has 146 valence electrons. The zero-order valence-electron chi connectivity index (χ0n) is 15.0. The quantitative estimate of drug-likeness (QED) is 0.718. The number of benzene rings is 1. The Morgan fingerprint density at radius 1 is 1.04 bits per heavy atom. The van der Waals surface area contributed by atoms with Crippen LogP contribution in [0.2, 0.25) is 10.0 Å². The molecule has 1 amide bonds. The molecule has 0 aromatic heterocycles. The first-order valence-electron chi connectivity index (χ1n) is 9.45. The van der Waals surface area contributed by atoms with Gasteiger partial charge in [0.15, 0.2) is 13.2 Å². The molecule has 1 N–H and O–H groups in total. The predicted octanol–water partition coefficient (Wildman–Crippen LogP) is 4.00. The van der Waals surface area contributed by atoms with Crippen LogP contribution in [0.1, 0.15) is 38.5 Å². The standard InChI is InChI=1S/C20H23Cl2NO4/c21-15-1-2-17(16(22)6-15)26-11-19(25)27-10-18(24)23-20-7-12-3-13(8-20)5-14(4-12)9-20/h1-2,6,12-14H,3-5,7-11H2,(H,23,24). The van der Waals surface area contributed by atoms with Crippen LogP contribution in [0.4, 0.5) is 0 Å². The van der Waals surface area contributed by atoms with E-state index < -0.39 is 5.97 Å². The number of esters is 1. The van der Waals surface area contributed by atoms with Gasteiger partial charge in [-0.1, -0.05) is 23.2 Å². The summed E-state index contributed by atoms with van der Waals surface area (Å²) in [7, 11) is 0. The highest BCUT2D eigenvalue weighted by Gasteiger charge is 2.51. The minimum Gasteiger partial charge on any atom is -0.480 e. The minimum atomic E-state index is -0.610. The highest BCUT2D eigenvalue weighted by atomic mass is 35.5. The lowest BCUT2D eigenvalue weighted by Gasteiger charge is -2.56. The number of hydrogen-bond donors (Lipinski definition) is 1. The Labute approximate surface area is 168 Å². The van der Waals surface area contributed by atoms with E-state index in [-0.39, 0.29) is 24.7 Å². The molecule has 7 heteroatoms. The molecular formula is C20H23Cl2NO4. The largest absolute Gasteiger partial charge is 0.480 e. The van der Waals surface area contributed by atoms with Crippen molar-refractivity contribution >= 4 is 35.1 Å². The van der Waals surface area contributed by atoms with E-state index >= 15 is 0 Å². The number of carbonyl (C=O) groups is 2. The molecule has 0 aliphatic heterocycles. The average molecular weight is 412 g/mol. The molecular weight excluding hydrogens is 389 g/mol. The van der Waals surface area contributed by atoms with E-state index in [9.17, 15) is 9.59 Å². The second-order valence-corrected chi connectivity index (χ2v) is 9.11. The van der Waals surface area contributed by atoms with Crippen LogP contribution in [-0.4, -0.2) is 30.6 Å². The van der Waals surface area contributed by atoms with Crippen molar-refractivity contribution in [3.8, 4) is 5.75 Å². The van der Waals surface area contributed by atoms with E-state index in [0.29, 0.717) is 15.8 Å². The van der Waals surface area contributed by atoms with E-state index in [2.05, 4.69) is 5.32 Å². The second-order valence-electron chi connectivity index (χ2n) is 8.27. The average Bonchev–Trinajstić information content (AvgIpc) is 2.57. The maximum atomic E-state index is 12.3. The molecule has 1 aromatic rings. The van der Waals surface area contributed by atoms with Crippen LogP contribution < -0.4 is 10.1 Å². The van der Waals surface area contributed by atoms with E-state index in [1.54, 1.807) is 12.1 Å². The van der Waals surface area contributed by atoms with Crippen LogP contribution in [0.3, 0.4) is 0 Å². The Hall–Kier alpha value is -1.46. The van der Waals surface area contributed by atoms with Crippen LogP contribution in [0.5, 0.6) is 5.75 Å². The predicted molar refractivity (Wildman–Crippen MR) is 102 cm³/mol.